The normalized spacial score (nSPS) is 13.1. The summed E-state index contributed by atoms with van der Waals surface area (Å²) in [6.45, 7) is 7.55. The van der Waals surface area contributed by atoms with Crippen LogP contribution in [0.2, 0.25) is 10.0 Å². The van der Waals surface area contributed by atoms with Gasteiger partial charge in [0.05, 0.1) is 10.0 Å². The predicted molar refractivity (Wildman–Crippen MR) is 111 cm³/mol. The van der Waals surface area contributed by atoms with Crippen LogP contribution in [-0.4, -0.2) is 35.1 Å². The lowest BCUT2D eigenvalue weighted by molar-refractivity contribution is -0.142. The molecule has 7 nitrogen and oxygen atoms in total. The van der Waals surface area contributed by atoms with Gasteiger partial charge in [-0.15, -0.1) is 0 Å². The van der Waals surface area contributed by atoms with E-state index in [4.69, 9.17) is 23.2 Å². The van der Waals surface area contributed by atoms with Gasteiger partial charge < -0.3 is 21.1 Å². The van der Waals surface area contributed by atoms with Gasteiger partial charge >= 0.3 is 12.0 Å². The second-order valence-electron chi connectivity index (χ2n) is 7.44. The van der Waals surface area contributed by atoms with Crippen molar-refractivity contribution in [3.63, 3.8) is 0 Å². The Hall–Kier alpha value is -1.99. The number of anilines is 1. The van der Waals surface area contributed by atoms with Crippen LogP contribution in [0.5, 0.6) is 0 Å². The van der Waals surface area contributed by atoms with Crippen molar-refractivity contribution in [2.24, 2.45) is 11.8 Å². The zero-order valence-electron chi connectivity index (χ0n) is 16.4. The maximum absolute atomic E-state index is 12.6. The first-order chi connectivity index (χ1) is 13.0. The Morgan fingerprint density at radius 3 is 2.00 bits per heavy atom. The number of aliphatic carboxylic acids is 1. The average molecular weight is 432 g/mol. The Morgan fingerprint density at radius 1 is 0.929 bits per heavy atom. The van der Waals surface area contributed by atoms with Crippen LogP contribution in [0, 0.1) is 11.8 Å². The number of urea groups is 1. The molecule has 0 aliphatic heterocycles. The molecule has 0 aromatic heterocycles. The number of carboxylic acid groups (broad SMARTS) is 1. The highest BCUT2D eigenvalue weighted by atomic mass is 35.5. The van der Waals surface area contributed by atoms with Gasteiger partial charge in [0.2, 0.25) is 5.91 Å². The summed E-state index contributed by atoms with van der Waals surface area (Å²) in [7, 11) is 0. The summed E-state index contributed by atoms with van der Waals surface area (Å²) in [6.07, 6.45) is 0.652. The molecule has 0 aliphatic rings. The maximum Gasteiger partial charge on any atom is 0.326 e. The number of carbonyl (C=O) groups is 3. The van der Waals surface area contributed by atoms with E-state index in [1.807, 2.05) is 27.7 Å². The molecular weight excluding hydrogens is 405 g/mol. The maximum atomic E-state index is 12.6. The number of carbonyl (C=O) groups excluding carboxylic acids is 2. The first kappa shape index (κ1) is 24.0. The van der Waals surface area contributed by atoms with Crippen molar-refractivity contribution >= 4 is 46.8 Å². The summed E-state index contributed by atoms with van der Waals surface area (Å²) in [4.78, 5) is 36.3. The van der Waals surface area contributed by atoms with Gasteiger partial charge in [0.15, 0.2) is 0 Å². The smallest absolute Gasteiger partial charge is 0.326 e. The van der Waals surface area contributed by atoms with E-state index >= 15 is 0 Å². The highest BCUT2D eigenvalue weighted by Gasteiger charge is 2.27. The zero-order chi connectivity index (χ0) is 21.4. The van der Waals surface area contributed by atoms with E-state index < -0.39 is 30.0 Å². The molecule has 1 aromatic carbocycles. The summed E-state index contributed by atoms with van der Waals surface area (Å²) in [5, 5.41) is 17.7. The molecular formula is C19H27Cl2N3O4. The van der Waals surface area contributed by atoms with E-state index in [9.17, 15) is 19.5 Å². The van der Waals surface area contributed by atoms with E-state index in [0.717, 1.165) is 0 Å². The van der Waals surface area contributed by atoms with Crippen molar-refractivity contribution in [3.05, 3.63) is 28.2 Å². The minimum atomic E-state index is -1.11. The Bertz CT molecular complexity index is 710. The van der Waals surface area contributed by atoms with Crippen LogP contribution in [0.3, 0.4) is 0 Å². The Morgan fingerprint density at radius 2 is 1.50 bits per heavy atom. The van der Waals surface area contributed by atoms with Crippen LogP contribution in [0.15, 0.2) is 18.2 Å². The highest BCUT2D eigenvalue weighted by Crippen LogP contribution is 2.25. The molecule has 0 saturated carbocycles. The summed E-state index contributed by atoms with van der Waals surface area (Å²) < 4.78 is 0. The summed E-state index contributed by atoms with van der Waals surface area (Å²) >= 11 is 11.8. The van der Waals surface area contributed by atoms with Crippen LogP contribution < -0.4 is 16.0 Å². The molecule has 0 fully saturated rings. The zero-order valence-corrected chi connectivity index (χ0v) is 17.9. The quantitative estimate of drug-likeness (QED) is 0.470. The van der Waals surface area contributed by atoms with E-state index in [0.29, 0.717) is 23.6 Å². The topological polar surface area (TPSA) is 108 Å². The van der Waals surface area contributed by atoms with E-state index in [2.05, 4.69) is 16.0 Å². The average Bonchev–Trinajstić information content (AvgIpc) is 2.56. The third-order valence-corrected chi connectivity index (χ3v) is 4.57. The second-order valence-corrected chi connectivity index (χ2v) is 8.25. The number of hydrogen-bond acceptors (Lipinski definition) is 3. The molecule has 0 radical (unpaired) electrons. The molecule has 0 aliphatic carbocycles. The number of hydrogen-bond donors (Lipinski definition) is 4. The minimum absolute atomic E-state index is 0.0934. The van der Waals surface area contributed by atoms with Gasteiger partial charge in [0.1, 0.15) is 12.1 Å². The molecule has 28 heavy (non-hydrogen) atoms. The SMILES string of the molecule is CC(C)C[C@H](NC(=O)[C@@H](CC(C)C)NC(=O)Nc1ccc(Cl)c(Cl)c1)C(=O)O. The van der Waals surface area contributed by atoms with Gasteiger partial charge in [0, 0.05) is 5.69 Å². The molecule has 156 valence electrons. The molecule has 4 N–H and O–H groups in total. The molecule has 0 heterocycles. The van der Waals surface area contributed by atoms with Crippen molar-refractivity contribution in [1.29, 1.82) is 0 Å². The molecule has 0 bridgehead atoms. The molecule has 0 unspecified atom stereocenters. The Labute approximate surface area is 175 Å². The molecule has 3 amide bonds. The number of rotatable bonds is 9. The van der Waals surface area contributed by atoms with E-state index in [-0.39, 0.29) is 16.9 Å². The van der Waals surface area contributed by atoms with Gasteiger partial charge in [-0.3, -0.25) is 4.79 Å². The highest BCUT2D eigenvalue weighted by molar-refractivity contribution is 6.42. The van der Waals surface area contributed by atoms with Gasteiger partial charge in [-0.2, -0.15) is 0 Å². The minimum Gasteiger partial charge on any atom is -0.480 e. The lowest BCUT2D eigenvalue weighted by atomic mass is 10.0. The van der Waals surface area contributed by atoms with Crippen LogP contribution in [0.1, 0.15) is 40.5 Å². The van der Waals surface area contributed by atoms with Crippen molar-refractivity contribution in [3.8, 4) is 0 Å². The van der Waals surface area contributed by atoms with Gasteiger partial charge in [-0.25, -0.2) is 9.59 Å². The van der Waals surface area contributed by atoms with Crippen LogP contribution >= 0.6 is 23.2 Å². The summed E-state index contributed by atoms with van der Waals surface area (Å²) in [5.41, 5.74) is 0.416. The number of halogens is 2. The van der Waals surface area contributed by atoms with Crippen molar-refractivity contribution in [2.75, 3.05) is 5.32 Å². The van der Waals surface area contributed by atoms with Gasteiger partial charge in [-0.05, 0) is 42.9 Å². The monoisotopic (exact) mass is 431 g/mol. The predicted octanol–water partition coefficient (Wildman–Crippen LogP) is 4.15. The number of benzene rings is 1. The standard InChI is InChI=1S/C19H27Cl2N3O4/c1-10(2)7-15(17(25)23-16(18(26)27)8-11(3)4)24-19(28)22-12-5-6-13(20)14(21)9-12/h5-6,9-11,15-16H,7-8H2,1-4H3,(H,23,25)(H,26,27)(H2,22,24,28)/t15-,16+/m1/s1. The molecule has 1 rings (SSSR count). The second kappa shape index (κ2) is 11.1. The van der Waals surface area contributed by atoms with Crippen LogP contribution in [0.4, 0.5) is 10.5 Å². The van der Waals surface area contributed by atoms with Crippen LogP contribution in [0.25, 0.3) is 0 Å². The fourth-order valence-electron chi connectivity index (χ4n) is 2.57. The van der Waals surface area contributed by atoms with E-state index in [1.165, 1.54) is 6.07 Å². The fourth-order valence-corrected chi connectivity index (χ4v) is 2.87. The molecule has 0 spiro atoms. The van der Waals surface area contributed by atoms with Crippen LogP contribution in [-0.2, 0) is 9.59 Å². The summed E-state index contributed by atoms with van der Waals surface area (Å²) in [5.74, 6) is -1.44. The lowest BCUT2D eigenvalue weighted by Gasteiger charge is -2.23. The van der Waals surface area contributed by atoms with Crippen molar-refractivity contribution in [1.82, 2.24) is 10.6 Å². The van der Waals surface area contributed by atoms with Crippen molar-refractivity contribution < 1.29 is 19.5 Å². The number of amides is 3. The lowest BCUT2D eigenvalue weighted by Crippen LogP contribution is -2.53. The van der Waals surface area contributed by atoms with Gasteiger partial charge in [0.25, 0.3) is 0 Å². The number of nitrogens with one attached hydrogen (secondary N) is 3. The molecule has 0 saturated heterocycles. The first-order valence-corrected chi connectivity index (χ1v) is 9.81. The Kier molecular flexibility index (Phi) is 9.55. The largest absolute Gasteiger partial charge is 0.480 e. The molecule has 1 aromatic rings. The molecule has 2 atom stereocenters. The first-order valence-electron chi connectivity index (χ1n) is 9.05. The Balaban J connectivity index is 2.82. The summed E-state index contributed by atoms with van der Waals surface area (Å²) in [6, 6.07) is 2.12. The third kappa shape index (κ3) is 8.35. The fraction of sp³-hybridized carbons (Fsp3) is 0.526. The molecule has 9 heteroatoms. The van der Waals surface area contributed by atoms with E-state index in [1.54, 1.807) is 12.1 Å². The number of carboxylic acids is 1. The van der Waals surface area contributed by atoms with Gasteiger partial charge in [-0.1, -0.05) is 50.9 Å². The third-order valence-electron chi connectivity index (χ3n) is 3.83. The van der Waals surface area contributed by atoms with Crippen molar-refractivity contribution in [2.45, 2.75) is 52.6 Å².